The van der Waals surface area contributed by atoms with E-state index in [1.54, 1.807) is 12.1 Å². The van der Waals surface area contributed by atoms with Gasteiger partial charge in [0.2, 0.25) is 0 Å². The van der Waals surface area contributed by atoms with E-state index >= 15 is 0 Å². The first-order valence-corrected chi connectivity index (χ1v) is 11.5. The van der Waals surface area contributed by atoms with Gasteiger partial charge >= 0.3 is 12.1 Å². The highest BCUT2D eigenvalue weighted by atomic mass is 35.5. The first-order chi connectivity index (χ1) is 16.6. The number of likely N-dealkylation sites (tertiary alicyclic amines) is 1. The third-order valence-corrected chi connectivity index (χ3v) is 6.31. The molecule has 0 radical (unpaired) electrons. The zero-order valence-corrected chi connectivity index (χ0v) is 19.8. The normalized spacial score (nSPS) is 18.3. The molecule has 0 saturated carbocycles. The molecule has 0 bridgehead atoms. The van der Waals surface area contributed by atoms with Gasteiger partial charge in [0, 0.05) is 61.1 Å². The van der Waals surface area contributed by atoms with Crippen molar-refractivity contribution in [2.45, 2.75) is 25.6 Å². The number of hydrogen-bond donors (Lipinski definition) is 1. The molecule has 7 nitrogen and oxygen atoms in total. The lowest BCUT2D eigenvalue weighted by Gasteiger charge is -2.42. The van der Waals surface area contributed by atoms with Crippen LogP contribution in [0.15, 0.2) is 48.8 Å². The Bertz CT molecular complexity index is 999. The first-order valence-electron chi connectivity index (χ1n) is 11.1. The van der Waals surface area contributed by atoms with Gasteiger partial charge < -0.3 is 14.7 Å². The van der Waals surface area contributed by atoms with Crippen LogP contribution in [0.5, 0.6) is 0 Å². The highest BCUT2D eigenvalue weighted by Crippen LogP contribution is 2.35. The van der Waals surface area contributed by atoms with Crippen molar-refractivity contribution in [1.29, 1.82) is 0 Å². The molecule has 4 rings (SSSR count). The van der Waals surface area contributed by atoms with Crippen molar-refractivity contribution in [1.82, 2.24) is 14.8 Å². The molecule has 2 saturated heterocycles. The number of nitrogens with zero attached hydrogens (tertiary/aromatic N) is 3. The number of benzene rings is 1. The number of carboxylic acids is 1. The summed E-state index contributed by atoms with van der Waals surface area (Å²) >= 11 is 6.05. The van der Waals surface area contributed by atoms with Crippen molar-refractivity contribution >= 4 is 23.5 Å². The molecule has 35 heavy (non-hydrogen) atoms. The number of rotatable bonds is 3. The Morgan fingerprint density at radius 2 is 1.86 bits per heavy atom. The molecule has 2 aromatic rings. The Hall–Kier alpha value is -2.69. The second-order valence-corrected chi connectivity index (χ2v) is 9.17. The van der Waals surface area contributed by atoms with E-state index in [0.717, 1.165) is 58.8 Å². The number of alkyl halides is 3. The van der Waals surface area contributed by atoms with Crippen LogP contribution in [0.3, 0.4) is 0 Å². The summed E-state index contributed by atoms with van der Waals surface area (Å²) in [5.74, 6) is -2.69. The number of ether oxygens (including phenoxy) is 1. The van der Waals surface area contributed by atoms with Crippen molar-refractivity contribution in [3.63, 3.8) is 0 Å². The van der Waals surface area contributed by atoms with Gasteiger partial charge in [-0.1, -0.05) is 23.7 Å². The molecule has 3 heterocycles. The van der Waals surface area contributed by atoms with Crippen LogP contribution >= 0.6 is 11.6 Å². The number of halogens is 4. The summed E-state index contributed by atoms with van der Waals surface area (Å²) < 4.78 is 37.7. The minimum Gasteiger partial charge on any atom is -0.475 e. The fraction of sp³-hybridized carbons (Fsp3) is 0.458. The Balaban J connectivity index is 0.000000429. The van der Waals surface area contributed by atoms with Gasteiger partial charge in [0.15, 0.2) is 0 Å². The van der Waals surface area contributed by atoms with E-state index in [1.807, 2.05) is 35.5 Å². The van der Waals surface area contributed by atoms with Gasteiger partial charge in [-0.3, -0.25) is 14.7 Å². The highest BCUT2D eigenvalue weighted by molar-refractivity contribution is 6.30. The van der Waals surface area contributed by atoms with Crippen molar-refractivity contribution in [2.75, 3.05) is 39.4 Å². The highest BCUT2D eigenvalue weighted by Gasteiger charge is 2.39. The van der Waals surface area contributed by atoms with E-state index in [1.165, 1.54) is 5.56 Å². The van der Waals surface area contributed by atoms with Crippen LogP contribution in [0.1, 0.15) is 28.8 Å². The van der Waals surface area contributed by atoms with Crippen molar-refractivity contribution in [3.05, 3.63) is 64.9 Å². The predicted molar refractivity (Wildman–Crippen MR) is 123 cm³/mol. The number of carbonyl (C=O) groups is 2. The van der Waals surface area contributed by atoms with Gasteiger partial charge in [0.25, 0.3) is 5.91 Å². The molecule has 0 unspecified atom stereocenters. The van der Waals surface area contributed by atoms with E-state index in [4.69, 9.17) is 26.2 Å². The number of aliphatic carboxylic acids is 1. The van der Waals surface area contributed by atoms with Gasteiger partial charge in [0.1, 0.15) is 0 Å². The smallest absolute Gasteiger partial charge is 0.475 e. The number of aromatic nitrogens is 1. The standard InChI is InChI=1S/C22H26ClN3O2.C2HF3O2/c23-20-5-1-4-19(13-20)21(27)26-9-6-22(7-10-26)16-25(11-12-28-17-22)15-18-3-2-8-24-14-18;3-2(4,5)1(6)7/h1-5,8,13-14H,6-7,9-12,15-17H2;(H,6,7). The van der Waals surface area contributed by atoms with Crippen molar-refractivity contribution in [2.24, 2.45) is 5.41 Å². The molecule has 190 valence electrons. The fourth-order valence-corrected chi connectivity index (χ4v) is 4.45. The second-order valence-electron chi connectivity index (χ2n) is 8.73. The average Bonchev–Trinajstić information content (AvgIpc) is 3.01. The average molecular weight is 514 g/mol. The number of carboxylic acid groups (broad SMARTS) is 1. The molecule has 1 aromatic heterocycles. The third-order valence-electron chi connectivity index (χ3n) is 6.07. The van der Waals surface area contributed by atoms with Crippen LogP contribution < -0.4 is 0 Å². The molecule has 0 aliphatic carbocycles. The number of hydrogen-bond acceptors (Lipinski definition) is 5. The van der Waals surface area contributed by atoms with Gasteiger partial charge in [0.05, 0.1) is 13.2 Å². The van der Waals surface area contributed by atoms with E-state index in [-0.39, 0.29) is 11.3 Å². The van der Waals surface area contributed by atoms with E-state index in [2.05, 4.69) is 16.0 Å². The van der Waals surface area contributed by atoms with E-state index in [9.17, 15) is 18.0 Å². The summed E-state index contributed by atoms with van der Waals surface area (Å²) in [6.45, 7) is 5.88. The number of amides is 1. The van der Waals surface area contributed by atoms with Gasteiger partial charge in [-0.05, 0) is 42.7 Å². The zero-order chi connectivity index (χ0) is 25.5. The fourth-order valence-electron chi connectivity index (χ4n) is 4.26. The summed E-state index contributed by atoms with van der Waals surface area (Å²) in [6, 6.07) is 11.3. The molecular formula is C24H27ClF3N3O4. The number of pyridine rings is 1. The number of piperidine rings is 1. The van der Waals surface area contributed by atoms with Gasteiger partial charge in [-0.2, -0.15) is 13.2 Å². The Morgan fingerprint density at radius 1 is 1.14 bits per heavy atom. The summed E-state index contributed by atoms with van der Waals surface area (Å²) in [5, 5.41) is 7.72. The minimum atomic E-state index is -5.08. The lowest BCUT2D eigenvalue weighted by Crippen LogP contribution is -2.48. The Labute approximate surface area is 206 Å². The monoisotopic (exact) mass is 513 g/mol. The summed E-state index contributed by atoms with van der Waals surface area (Å²) in [4.78, 5) is 30.4. The predicted octanol–water partition coefficient (Wildman–Crippen LogP) is 4.12. The van der Waals surface area contributed by atoms with Gasteiger partial charge in [-0.15, -0.1) is 0 Å². The van der Waals surface area contributed by atoms with Crippen molar-refractivity contribution < 1.29 is 32.6 Å². The van der Waals surface area contributed by atoms with E-state index < -0.39 is 12.1 Å². The molecule has 1 amide bonds. The quantitative estimate of drug-likeness (QED) is 0.665. The molecule has 2 aliphatic heterocycles. The summed E-state index contributed by atoms with van der Waals surface area (Å²) in [7, 11) is 0. The maximum atomic E-state index is 12.8. The van der Waals surface area contributed by atoms with Crippen LogP contribution in [0, 0.1) is 5.41 Å². The SMILES string of the molecule is O=C(O)C(F)(F)F.O=C(c1cccc(Cl)c1)N1CCC2(CC1)COCCN(Cc1cccnc1)C2. The maximum Gasteiger partial charge on any atom is 0.490 e. The molecule has 1 aromatic carbocycles. The molecule has 1 spiro atoms. The lowest BCUT2D eigenvalue weighted by molar-refractivity contribution is -0.192. The van der Waals surface area contributed by atoms with Crippen LogP contribution in [-0.2, 0) is 16.1 Å². The molecule has 11 heteroatoms. The van der Waals surface area contributed by atoms with Crippen LogP contribution in [0.2, 0.25) is 5.02 Å². The zero-order valence-electron chi connectivity index (χ0n) is 19.0. The number of carbonyl (C=O) groups excluding carboxylic acids is 1. The minimum absolute atomic E-state index is 0.0686. The van der Waals surface area contributed by atoms with Gasteiger partial charge in [-0.25, -0.2) is 4.79 Å². The van der Waals surface area contributed by atoms with Crippen LogP contribution in [0.4, 0.5) is 13.2 Å². The molecule has 2 aliphatic rings. The van der Waals surface area contributed by atoms with Crippen LogP contribution in [0.25, 0.3) is 0 Å². The van der Waals surface area contributed by atoms with E-state index in [0.29, 0.717) is 10.6 Å². The second kappa shape index (κ2) is 11.8. The summed E-state index contributed by atoms with van der Waals surface area (Å²) in [6.07, 6.45) is 0.583. The summed E-state index contributed by atoms with van der Waals surface area (Å²) in [5.41, 5.74) is 2.01. The van der Waals surface area contributed by atoms with Crippen molar-refractivity contribution in [3.8, 4) is 0 Å². The first kappa shape index (κ1) is 26.9. The Morgan fingerprint density at radius 3 is 2.46 bits per heavy atom. The molecule has 1 N–H and O–H groups in total. The maximum absolute atomic E-state index is 12.8. The Kier molecular flexibility index (Phi) is 9.09. The molecule has 0 atom stereocenters. The topological polar surface area (TPSA) is 83.0 Å². The molecular weight excluding hydrogens is 487 g/mol. The molecule has 2 fully saturated rings. The lowest BCUT2D eigenvalue weighted by atomic mass is 9.78. The largest absolute Gasteiger partial charge is 0.490 e. The van der Waals surface area contributed by atoms with Crippen LogP contribution in [-0.4, -0.2) is 77.3 Å². The third kappa shape index (κ3) is 7.91.